The molecule has 0 unspecified atom stereocenters. The number of amidine groups is 1. The van der Waals surface area contributed by atoms with Crippen molar-refractivity contribution in [2.24, 2.45) is 10.2 Å². The molecule has 0 bridgehead atoms. The summed E-state index contributed by atoms with van der Waals surface area (Å²) in [5, 5.41) is 15.0. The van der Waals surface area contributed by atoms with Gasteiger partial charge in [0.1, 0.15) is 5.75 Å². The molecule has 0 radical (unpaired) electrons. The topological polar surface area (TPSA) is 107 Å². The Bertz CT molecular complexity index is 966. The zero-order valence-corrected chi connectivity index (χ0v) is 16.0. The Labute approximate surface area is 165 Å². The molecule has 1 aliphatic rings. The van der Waals surface area contributed by atoms with E-state index in [0.717, 1.165) is 34.7 Å². The van der Waals surface area contributed by atoms with Crippen molar-refractivity contribution >= 4 is 35.0 Å². The number of nitrogens with one attached hydrogen (secondary N) is 1. The molecule has 1 aromatic heterocycles. The highest BCUT2D eigenvalue weighted by Crippen LogP contribution is 2.23. The van der Waals surface area contributed by atoms with Crippen LogP contribution < -0.4 is 10.1 Å². The molecule has 2 aromatic rings. The predicted molar refractivity (Wildman–Crippen MR) is 105 cm³/mol. The molecular formula is C18H17N5O4S. The number of carbonyl (C=O) groups excluding carboxylic acids is 2. The maximum atomic E-state index is 11.8. The van der Waals surface area contributed by atoms with Gasteiger partial charge < -0.3 is 9.47 Å². The van der Waals surface area contributed by atoms with Gasteiger partial charge in [-0.25, -0.2) is 4.79 Å². The van der Waals surface area contributed by atoms with E-state index >= 15 is 0 Å². The quantitative estimate of drug-likeness (QED) is 0.342. The number of aromatic nitrogens is 2. The Kier molecular flexibility index (Phi) is 6.22. The molecule has 0 saturated carbocycles. The SMILES string of the molecule is COC(=O)/C=C1/S/C(=N\N=Cc2ccc(OC)c(Cn3cccn3)c2)NC1=O. The lowest BCUT2D eigenvalue weighted by molar-refractivity contribution is -0.135. The third kappa shape index (κ3) is 4.86. The van der Waals surface area contributed by atoms with Crippen LogP contribution in [0.3, 0.4) is 0 Å². The maximum Gasteiger partial charge on any atom is 0.331 e. The maximum absolute atomic E-state index is 11.8. The summed E-state index contributed by atoms with van der Waals surface area (Å²) in [5.74, 6) is -0.282. The normalized spacial score (nSPS) is 16.7. The van der Waals surface area contributed by atoms with E-state index in [-0.39, 0.29) is 10.1 Å². The molecule has 3 rings (SSSR count). The van der Waals surface area contributed by atoms with E-state index in [4.69, 9.17) is 4.74 Å². The molecule has 28 heavy (non-hydrogen) atoms. The standard InChI is InChI=1S/C18H17N5O4S/c1-26-14-5-4-12(8-13(14)11-23-7-3-6-20-23)10-19-22-18-21-17(25)15(28-18)9-16(24)27-2/h3-10H,11H2,1-2H3,(H,21,22,25)/b15-9+,19-10?. The van der Waals surface area contributed by atoms with Crippen LogP contribution in [0.15, 0.2) is 57.8 Å². The van der Waals surface area contributed by atoms with E-state index in [0.29, 0.717) is 6.54 Å². The minimum atomic E-state index is -0.606. The molecule has 0 spiro atoms. The first kappa shape index (κ1) is 19.4. The van der Waals surface area contributed by atoms with Crippen molar-refractivity contribution in [1.82, 2.24) is 15.1 Å². The van der Waals surface area contributed by atoms with Gasteiger partial charge >= 0.3 is 5.97 Å². The third-order valence-corrected chi connectivity index (χ3v) is 4.55. The van der Waals surface area contributed by atoms with Crippen LogP contribution in [-0.4, -0.2) is 47.3 Å². The number of carbonyl (C=O) groups is 2. The molecule has 1 fully saturated rings. The largest absolute Gasteiger partial charge is 0.496 e. The Morgan fingerprint density at radius 1 is 1.39 bits per heavy atom. The highest BCUT2D eigenvalue weighted by molar-refractivity contribution is 8.18. The average molecular weight is 399 g/mol. The minimum absolute atomic E-state index is 0.201. The van der Waals surface area contributed by atoms with E-state index in [2.05, 4.69) is 25.4 Å². The lowest BCUT2D eigenvalue weighted by Crippen LogP contribution is -2.19. The molecule has 9 nitrogen and oxygen atoms in total. The van der Waals surface area contributed by atoms with Crippen molar-refractivity contribution in [1.29, 1.82) is 0 Å². The molecule has 0 aliphatic carbocycles. The highest BCUT2D eigenvalue weighted by Gasteiger charge is 2.24. The number of rotatable bonds is 6. The summed E-state index contributed by atoms with van der Waals surface area (Å²) >= 11 is 1.01. The third-order valence-electron chi connectivity index (χ3n) is 3.65. The van der Waals surface area contributed by atoms with Crippen LogP contribution in [0.4, 0.5) is 0 Å². The number of nitrogens with zero attached hydrogens (tertiary/aromatic N) is 4. The molecule has 2 heterocycles. The highest BCUT2D eigenvalue weighted by atomic mass is 32.2. The number of methoxy groups -OCH3 is 2. The number of esters is 1. The number of amides is 1. The molecule has 1 N–H and O–H groups in total. The van der Waals surface area contributed by atoms with Crippen molar-refractivity contribution in [3.8, 4) is 5.75 Å². The lowest BCUT2D eigenvalue weighted by atomic mass is 10.1. The van der Waals surface area contributed by atoms with Gasteiger partial charge in [-0.2, -0.15) is 10.2 Å². The molecule has 1 amide bonds. The van der Waals surface area contributed by atoms with Gasteiger partial charge in [-0.05, 0) is 41.6 Å². The number of hydrogen-bond acceptors (Lipinski definition) is 8. The van der Waals surface area contributed by atoms with E-state index in [9.17, 15) is 9.59 Å². The first-order valence-electron chi connectivity index (χ1n) is 8.13. The van der Waals surface area contributed by atoms with Gasteiger partial charge in [-0.15, -0.1) is 5.10 Å². The van der Waals surface area contributed by atoms with Crippen LogP contribution in [0.25, 0.3) is 0 Å². The first-order chi connectivity index (χ1) is 13.6. The molecule has 144 valence electrons. The van der Waals surface area contributed by atoms with Crippen LogP contribution in [0.5, 0.6) is 5.75 Å². The van der Waals surface area contributed by atoms with Crippen molar-refractivity contribution in [3.05, 3.63) is 58.8 Å². The summed E-state index contributed by atoms with van der Waals surface area (Å²) in [7, 11) is 2.85. The van der Waals surface area contributed by atoms with Crippen molar-refractivity contribution in [2.45, 2.75) is 6.54 Å². The number of thioether (sulfide) groups is 1. The molecular weight excluding hydrogens is 382 g/mol. The Hall–Kier alpha value is -3.40. The van der Waals surface area contributed by atoms with Gasteiger partial charge in [0.05, 0.1) is 31.9 Å². The summed E-state index contributed by atoms with van der Waals surface area (Å²) in [5.41, 5.74) is 1.75. The minimum Gasteiger partial charge on any atom is -0.496 e. The molecule has 1 aromatic carbocycles. The fourth-order valence-electron chi connectivity index (χ4n) is 2.36. The number of benzene rings is 1. The summed E-state index contributed by atoms with van der Waals surface area (Å²) in [6, 6.07) is 7.46. The Morgan fingerprint density at radius 2 is 2.25 bits per heavy atom. The Balaban J connectivity index is 1.72. The summed E-state index contributed by atoms with van der Waals surface area (Å²) in [4.78, 5) is 23.2. The van der Waals surface area contributed by atoms with Crippen molar-refractivity contribution in [2.75, 3.05) is 14.2 Å². The van der Waals surface area contributed by atoms with Gasteiger partial charge in [-0.1, -0.05) is 0 Å². The zero-order chi connectivity index (χ0) is 19.9. The van der Waals surface area contributed by atoms with Crippen molar-refractivity contribution in [3.63, 3.8) is 0 Å². The van der Waals surface area contributed by atoms with E-state index in [1.165, 1.54) is 7.11 Å². The number of ether oxygens (including phenoxy) is 2. The van der Waals surface area contributed by atoms with Crippen LogP contribution in [0, 0.1) is 0 Å². The van der Waals surface area contributed by atoms with Gasteiger partial charge in [0.2, 0.25) is 0 Å². The molecule has 1 saturated heterocycles. The first-order valence-corrected chi connectivity index (χ1v) is 8.95. The summed E-state index contributed by atoms with van der Waals surface area (Å²) in [6.45, 7) is 0.556. The fourth-order valence-corrected chi connectivity index (χ4v) is 3.10. The van der Waals surface area contributed by atoms with Gasteiger partial charge in [0.25, 0.3) is 5.91 Å². The van der Waals surface area contributed by atoms with Crippen LogP contribution in [0.2, 0.25) is 0 Å². The van der Waals surface area contributed by atoms with Crippen LogP contribution in [0.1, 0.15) is 11.1 Å². The second-order valence-electron chi connectivity index (χ2n) is 5.51. The van der Waals surface area contributed by atoms with Crippen molar-refractivity contribution < 1.29 is 19.1 Å². The van der Waals surface area contributed by atoms with Gasteiger partial charge in [-0.3, -0.25) is 14.8 Å². The molecule has 0 atom stereocenters. The second-order valence-corrected chi connectivity index (χ2v) is 6.54. The Morgan fingerprint density at radius 3 is 2.96 bits per heavy atom. The van der Waals surface area contributed by atoms with Gasteiger partial charge in [0.15, 0.2) is 5.17 Å². The summed E-state index contributed by atoms with van der Waals surface area (Å²) in [6.07, 6.45) is 6.25. The van der Waals surface area contributed by atoms with Crippen LogP contribution >= 0.6 is 11.8 Å². The molecule has 1 aliphatic heterocycles. The monoisotopic (exact) mass is 399 g/mol. The van der Waals surface area contributed by atoms with Gasteiger partial charge in [0, 0.05) is 24.0 Å². The lowest BCUT2D eigenvalue weighted by Gasteiger charge is -2.09. The van der Waals surface area contributed by atoms with E-state index in [1.54, 1.807) is 24.2 Å². The molecule has 10 heteroatoms. The van der Waals surface area contributed by atoms with E-state index < -0.39 is 11.9 Å². The zero-order valence-electron chi connectivity index (χ0n) is 15.2. The second kappa shape index (κ2) is 9.00. The average Bonchev–Trinajstić information content (AvgIpc) is 3.32. The number of hydrogen-bond donors (Lipinski definition) is 1. The summed E-state index contributed by atoms with van der Waals surface area (Å²) < 4.78 is 11.7. The van der Waals surface area contributed by atoms with E-state index in [1.807, 2.05) is 30.5 Å². The smallest absolute Gasteiger partial charge is 0.331 e. The fraction of sp³-hybridized carbons (Fsp3) is 0.167. The predicted octanol–water partition coefficient (Wildman–Crippen LogP) is 1.55. The van der Waals surface area contributed by atoms with Crippen LogP contribution in [-0.2, 0) is 20.9 Å².